The highest BCUT2D eigenvalue weighted by Crippen LogP contribution is 2.32. The van der Waals surface area contributed by atoms with Crippen LogP contribution in [-0.4, -0.2) is 36.7 Å². The molecular weight excluding hydrogens is 326 g/mol. The molecule has 3 rings (SSSR count). The lowest BCUT2D eigenvalue weighted by Crippen LogP contribution is -2.26. The molecule has 0 saturated heterocycles. The van der Waals surface area contributed by atoms with Gasteiger partial charge in [0.15, 0.2) is 0 Å². The summed E-state index contributed by atoms with van der Waals surface area (Å²) in [5.74, 6) is -0.191. The van der Waals surface area contributed by atoms with E-state index in [1.54, 1.807) is 11.9 Å². The third kappa shape index (κ3) is 3.77. The third-order valence-electron chi connectivity index (χ3n) is 4.41. The molecule has 1 aromatic heterocycles. The van der Waals surface area contributed by atoms with Crippen molar-refractivity contribution in [3.8, 4) is 0 Å². The number of anilines is 2. The van der Waals surface area contributed by atoms with Crippen LogP contribution in [0.2, 0.25) is 0 Å². The number of nitrogens with zero attached hydrogens (tertiary/aromatic N) is 3. The van der Waals surface area contributed by atoms with Crippen molar-refractivity contribution >= 4 is 28.2 Å². The Kier molecular flexibility index (Phi) is 5.07. The smallest absolute Gasteiger partial charge is 0.323 e. The Bertz CT molecular complexity index is 925. The molecule has 2 aromatic carbocycles. The zero-order valence-corrected chi connectivity index (χ0v) is 15.3. The number of aromatic nitrogens is 1. The lowest BCUT2D eigenvalue weighted by atomic mass is 10.1. The highest BCUT2D eigenvalue weighted by molar-refractivity contribution is 6.01. The number of carboxylic acid groups (broad SMARTS) is 1. The first kappa shape index (κ1) is 17.7. The topological polar surface area (TPSA) is 56.7 Å². The van der Waals surface area contributed by atoms with Crippen LogP contribution in [0.4, 0.5) is 11.5 Å². The van der Waals surface area contributed by atoms with Gasteiger partial charge in [-0.3, -0.25) is 4.79 Å². The maximum Gasteiger partial charge on any atom is 0.323 e. The number of aliphatic carboxylic acids is 1. The summed E-state index contributed by atoms with van der Waals surface area (Å²) in [5.41, 5.74) is 3.37. The van der Waals surface area contributed by atoms with Gasteiger partial charge in [-0.1, -0.05) is 48.0 Å². The zero-order chi connectivity index (χ0) is 18.7. The molecule has 0 amide bonds. The first-order chi connectivity index (χ1) is 12.5. The lowest BCUT2D eigenvalue weighted by molar-refractivity contribution is -0.135. The van der Waals surface area contributed by atoms with Crippen LogP contribution in [0.1, 0.15) is 11.1 Å². The number of likely N-dealkylation sites (N-methyl/N-ethyl adjacent to an activating group) is 1. The highest BCUT2D eigenvalue weighted by Gasteiger charge is 2.15. The highest BCUT2D eigenvalue weighted by atomic mass is 16.4. The van der Waals surface area contributed by atoms with Gasteiger partial charge in [-0.25, -0.2) is 4.98 Å². The van der Waals surface area contributed by atoms with Crippen molar-refractivity contribution < 1.29 is 9.90 Å². The minimum atomic E-state index is -0.875. The minimum Gasteiger partial charge on any atom is -0.480 e. The van der Waals surface area contributed by atoms with Gasteiger partial charge in [0.25, 0.3) is 0 Å². The number of fused-ring (bicyclic) bond motifs is 1. The normalized spacial score (nSPS) is 10.7. The molecule has 0 spiro atoms. The zero-order valence-electron chi connectivity index (χ0n) is 15.3. The number of hydrogen-bond acceptors (Lipinski definition) is 4. The van der Waals surface area contributed by atoms with Gasteiger partial charge >= 0.3 is 5.97 Å². The fourth-order valence-corrected chi connectivity index (χ4v) is 3.16. The number of pyridine rings is 1. The van der Waals surface area contributed by atoms with Crippen molar-refractivity contribution in [2.75, 3.05) is 30.4 Å². The number of benzene rings is 2. The second-order valence-electron chi connectivity index (χ2n) is 6.61. The second-order valence-corrected chi connectivity index (χ2v) is 6.61. The molecule has 26 heavy (non-hydrogen) atoms. The van der Waals surface area contributed by atoms with Gasteiger partial charge in [-0.15, -0.1) is 0 Å². The molecule has 0 atom stereocenters. The van der Waals surface area contributed by atoms with E-state index in [0.717, 1.165) is 28.6 Å². The Morgan fingerprint density at radius 1 is 1.04 bits per heavy atom. The van der Waals surface area contributed by atoms with Crippen LogP contribution < -0.4 is 9.80 Å². The Hall–Kier alpha value is -3.08. The Morgan fingerprint density at radius 3 is 2.46 bits per heavy atom. The molecule has 0 aliphatic carbocycles. The van der Waals surface area contributed by atoms with Crippen LogP contribution in [-0.2, 0) is 11.3 Å². The molecule has 0 aliphatic rings. The number of rotatable bonds is 6. The van der Waals surface area contributed by atoms with Crippen molar-refractivity contribution in [2.45, 2.75) is 13.5 Å². The number of aryl methyl sites for hydroxylation is 1. The van der Waals surface area contributed by atoms with Crippen molar-refractivity contribution in [1.82, 2.24) is 4.98 Å². The molecule has 1 N–H and O–H groups in total. The summed E-state index contributed by atoms with van der Waals surface area (Å²) in [5, 5.41) is 11.1. The van der Waals surface area contributed by atoms with Gasteiger partial charge in [-0.2, -0.15) is 0 Å². The molecule has 0 saturated carbocycles. The molecule has 0 fully saturated rings. The predicted molar refractivity (Wildman–Crippen MR) is 106 cm³/mol. The maximum atomic E-state index is 11.1. The summed E-state index contributed by atoms with van der Waals surface area (Å²) in [6, 6.07) is 16.5. The summed E-state index contributed by atoms with van der Waals surface area (Å²) in [7, 11) is 3.80. The second kappa shape index (κ2) is 7.44. The molecular formula is C21H23N3O2. The Morgan fingerprint density at radius 2 is 1.77 bits per heavy atom. The van der Waals surface area contributed by atoms with Gasteiger partial charge in [0.1, 0.15) is 12.4 Å². The predicted octanol–water partition coefficient (Wildman–Crippen LogP) is 3.70. The van der Waals surface area contributed by atoms with Crippen molar-refractivity contribution in [3.63, 3.8) is 0 Å². The van der Waals surface area contributed by atoms with Crippen LogP contribution in [0.3, 0.4) is 0 Å². The van der Waals surface area contributed by atoms with Gasteiger partial charge in [0.05, 0.1) is 11.9 Å². The summed E-state index contributed by atoms with van der Waals surface area (Å²) < 4.78 is 0. The largest absolute Gasteiger partial charge is 0.480 e. The summed E-state index contributed by atoms with van der Waals surface area (Å²) >= 11 is 0. The number of carboxylic acids is 1. The average Bonchev–Trinajstić information content (AvgIpc) is 2.60. The third-order valence-corrected chi connectivity index (χ3v) is 4.41. The molecule has 0 bridgehead atoms. The van der Waals surface area contributed by atoms with E-state index >= 15 is 0 Å². The van der Waals surface area contributed by atoms with Crippen LogP contribution in [0, 0.1) is 6.92 Å². The SMILES string of the molecule is Cc1ccc2c(N(C)Cc3ccccc3)cnc(N(C)CC(=O)O)c2c1. The summed E-state index contributed by atoms with van der Waals surface area (Å²) in [4.78, 5) is 19.5. The molecule has 5 heteroatoms. The summed E-state index contributed by atoms with van der Waals surface area (Å²) in [6.45, 7) is 2.71. The van der Waals surface area contributed by atoms with E-state index in [2.05, 4.69) is 40.2 Å². The molecule has 1 heterocycles. The molecule has 5 nitrogen and oxygen atoms in total. The van der Waals surface area contributed by atoms with Crippen LogP contribution in [0.25, 0.3) is 10.8 Å². The minimum absolute atomic E-state index is 0.0881. The standard InChI is InChI=1S/C21H23N3O2/c1-15-9-10-17-18(11-15)21(24(3)14-20(25)26)22-12-19(17)23(2)13-16-7-5-4-6-8-16/h4-12H,13-14H2,1-3H3,(H,25,26). The first-order valence-electron chi connectivity index (χ1n) is 8.53. The quantitative estimate of drug-likeness (QED) is 0.735. The molecule has 0 aliphatic heterocycles. The van der Waals surface area contributed by atoms with Crippen molar-refractivity contribution in [1.29, 1.82) is 0 Å². The van der Waals surface area contributed by atoms with Gasteiger partial charge < -0.3 is 14.9 Å². The van der Waals surface area contributed by atoms with Crippen LogP contribution in [0.15, 0.2) is 54.7 Å². The number of carbonyl (C=O) groups is 1. The molecule has 134 valence electrons. The van der Waals surface area contributed by atoms with Gasteiger partial charge in [-0.05, 0) is 18.6 Å². The summed E-state index contributed by atoms with van der Waals surface area (Å²) in [6.07, 6.45) is 1.83. The van der Waals surface area contributed by atoms with E-state index in [1.807, 2.05) is 38.4 Å². The monoisotopic (exact) mass is 349 g/mol. The van der Waals surface area contributed by atoms with E-state index in [0.29, 0.717) is 5.82 Å². The molecule has 0 unspecified atom stereocenters. The van der Waals surface area contributed by atoms with E-state index in [9.17, 15) is 4.79 Å². The number of hydrogen-bond donors (Lipinski definition) is 1. The Labute approximate surface area is 153 Å². The van der Waals surface area contributed by atoms with Gasteiger partial charge in [0.2, 0.25) is 0 Å². The van der Waals surface area contributed by atoms with E-state index in [1.165, 1.54) is 5.56 Å². The van der Waals surface area contributed by atoms with Crippen LogP contribution in [0.5, 0.6) is 0 Å². The lowest BCUT2D eigenvalue weighted by Gasteiger charge is -2.24. The average molecular weight is 349 g/mol. The van der Waals surface area contributed by atoms with Crippen molar-refractivity contribution in [3.05, 3.63) is 65.9 Å². The first-order valence-corrected chi connectivity index (χ1v) is 8.53. The molecule has 3 aromatic rings. The van der Waals surface area contributed by atoms with E-state index in [4.69, 9.17) is 5.11 Å². The fraction of sp³-hybridized carbons (Fsp3) is 0.238. The maximum absolute atomic E-state index is 11.1. The Balaban J connectivity index is 2.03. The van der Waals surface area contributed by atoms with Crippen LogP contribution >= 0.6 is 0 Å². The van der Waals surface area contributed by atoms with Gasteiger partial charge in [0, 0.05) is 31.4 Å². The van der Waals surface area contributed by atoms with E-state index in [-0.39, 0.29) is 6.54 Å². The fourth-order valence-electron chi connectivity index (χ4n) is 3.16. The van der Waals surface area contributed by atoms with Crippen molar-refractivity contribution in [2.24, 2.45) is 0 Å². The molecule has 0 radical (unpaired) electrons. The van der Waals surface area contributed by atoms with E-state index < -0.39 is 5.97 Å².